The summed E-state index contributed by atoms with van der Waals surface area (Å²) in [5.74, 6) is 1.79. The normalized spacial score (nSPS) is 19.2. The molecule has 3 aromatic heterocycles. The van der Waals surface area contributed by atoms with Crippen molar-refractivity contribution in [1.29, 1.82) is 5.26 Å². The average molecular weight is 392 g/mol. The van der Waals surface area contributed by atoms with Crippen LogP contribution in [0, 0.1) is 23.2 Å². The zero-order chi connectivity index (χ0) is 20.2. The second kappa shape index (κ2) is 8.43. The number of hydrogen-bond donors (Lipinski definition) is 1. The Kier molecular flexibility index (Phi) is 5.56. The molecular formula is C21H24N6O2. The number of carbonyl (C=O) groups is 1. The van der Waals surface area contributed by atoms with Gasteiger partial charge in [-0.2, -0.15) is 5.26 Å². The van der Waals surface area contributed by atoms with Gasteiger partial charge >= 0.3 is 6.09 Å². The van der Waals surface area contributed by atoms with Crippen molar-refractivity contribution in [3.05, 3.63) is 30.4 Å². The quantitative estimate of drug-likeness (QED) is 0.712. The van der Waals surface area contributed by atoms with E-state index in [1.807, 2.05) is 12.1 Å². The summed E-state index contributed by atoms with van der Waals surface area (Å²) in [7, 11) is 1.35. The van der Waals surface area contributed by atoms with Crippen molar-refractivity contribution in [3.63, 3.8) is 0 Å². The Balaban J connectivity index is 1.68. The number of nitrogens with one attached hydrogen (secondary N) is 1. The number of carbonyl (C=O) groups excluding carboxylic acids is 1. The molecular weight excluding hydrogens is 368 g/mol. The Morgan fingerprint density at radius 3 is 2.83 bits per heavy atom. The van der Waals surface area contributed by atoms with E-state index in [1.54, 1.807) is 12.4 Å². The summed E-state index contributed by atoms with van der Waals surface area (Å²) in [6.07, 6.45) is 8.04. The fourth-order valence-corrected chi connectivity index (χ4v) is 4.23. The summed E-state index contributed by atoms with van der Waals surface area (Å²) in [5, 5.41) is 11.7. The van der Waals surface area contributed by atoms with Crippen LogP contribution < -0.4 is 5.32 Å². The molecule has 0 saturated heterocycles. The standard InChI is InChI=1S/C21H24N6O2/c1-29-21(28)25-12-18-26-17-11-24-16-3-2-10-23-19(16)20(17)27(18)13-15-6-4-14(5-7-15)8-9-22/h2-3,10-11,14-15H,4-8,12-13H2,1H3,(H,25,28). The second-order valence-electron chi connectivity index (χ2n) is 7.60. The predicted molar refractivity (Wildman–Crippen MR) is 108 cm³/mol. The van der Waals surface area contributed by atoms with Crippen LogP contribution in [0.25, 0.3) is 22.1 Å². The van der Waals surface area contributed by atoms with E-state index in [0.717, 1.165) is 60.1 Å². The lowest BCUT2D eigenvalue weighted by Crippen LogP contribution is -2.26. The number of pyridine rings is 2. The van der Waals surface area contributed by atoms with Crippen molar-refractivity contribution in [1.82, 2.24) is 24.8 Å². The van der Waals surface area contributed by atoms with E-state index >= 15 is 0 Å². The number of fused-ring (bicyclic) bond motifs is 3. The van der Waals surface area contributed by atoms with Gasteiger partial charge in [-0.3, -0.25) is 9.97 Å². The van der Waals surface area contributed by atoms with E-state index in [4.69, 9.17) is 15.0 Å². The van der Waals surface area contributed by atoms with Crippen molar-refractivity contribution in [2.24, 2.45) is 11.8 Å². The number of alkyl carbamates (subject to hydrolysis) is 1. The highest BCUT2D eigenvalue weighted by Crippen LogP contribution is 2.33. The number of hydrogen-bond acceptors (Lipinski definition) is 6. The van der Waals surface area contributed by atoms with E-state index in [9.17, 15) is 4.79 Å². The minimum atomic E-state index is -0.485. The Labute approximate surface area is 168 Å². The van der Waals surface area contributed by atoms with Crippen LogP contribution in [0.15, 0.2) is 24.5 Å². The number of methoxy groups -OCH3 is 1. The summed E-state index contributed by atoms with van der Waals surface area (Å²) in [6, 6.07) is 6.12. The molecule has 8 heteroatoms. The first-order valence-corrected chi connectivity index (χ1v) is 9.97. The molecule has 8 nitrogen and oxygen atoms in total. The molecule has 150 valence electrons. The summed E-state index contributed by atoms with van der Waals surface area (Å²) < 4.78 is 6.88. The Hall–Kier alpha value is -3.21. The first kappa shape index (κ1) is 19.1. The molecule has 1 saturated carbocycles. The van der Waals surface area contributed by atoms with Crippen LogP contribution in [0.5, 0.6) is 0 Å². The monoisotopic (exact) mass is 392 g/mol. The van der Waals surface area contributed by atoms with Crippen LogP contribution in [-0.4, -0.2) is 32.7 Å². The van der Waals surface area contributed by atoms with Crippen molar-refractivity contribution >= 4 is 28.2 Å². The molecule has 1 aliphatic carbocycles. The minimum Gasteiger partial charge on any atom is -0.453 e. The Bertz CT molecular complexity index is 1060. The maximum absolute atomic E-state index is 11.6. The van der Waals surface area contributed by atoms with Gasteiger partial charge in [0.25, 0.3) is 0 Å². The van der Waals surface area contributed by atoms with Crippen molar-refractivity contribution in [3.8, 4) is 6.07 Å². The van der Waals surface area contributed by atoms with Gasteiger partial charge in [0.2, 0.25) is 0 Å². The maximum atomic E-state index is 11.6. The third-order valence-electron chi connectivity index (χ3n) is 5.77. The summed E-state index contributed by atoms with van der Waals surface area (Å²) in [6.45, 7) is 1.09. The molecule has 29 heavy (non-hydrogen) atoms. The lowest BCUT2D eigenvalue weighted by molar-refractivity contribution is 0.170. The van der Waals surface area contributed by atoms with Crippen LogP contribution in [0.2, 0.25) is 0 Å². The zero-order valence-corrected chi connectivity index (χ0v) is 16.5. The number of nitriles is 1. The van der Waals surface area contributed by atoms with E-state index in [-0.39, 0.29) is 6.54 Å². The summed E-state index contributed by atoms with van der Waals surface area (Å²) in [5.41, 5.74) is 3.37. The molecule has 0 bridgehead atoms. The molecule has 0 radical (unpaired) electrons. The van der Waals surface area contributed by atoms with Crippen LogP contribution >= 0.6 is 0 Å². The predicted octanol–water partition coefficient (Wildman–Crippen LogP) is 3.56. The van der Waals surface area contributed by atoms with Gasteiger partial charge in [0.05, 0.1) is 37.0 Å². The average Bonchev–Trinajstić information content (AvgIpc) is 3.11. The second-order valence-corrected chi connectivity index (χ2v) is 7.60. The van der Waals surface area contributed by atoms with E-state index < -0.39 is 6.09 Å². The van der Waals surface area contributed by atoms with Gasteiger partial charge in [-0.15, -0.1) is 0 Å². The fraction of sp³-hybridized carbons (Fsp3) is 0.476. The third-order valence-corrected chi connectivity index (χ3v) is 5.77. The van der Waals surface area contributed by atoms with Crippen molar-refractivity contribution < 1.29 is 9.53 Å². The maximum Gasteiger partial charge on any atom is 0.407 e. The topological polar surface area (TPSA) is 106 Å². The Morgan fingerprint density at radius 1 is 1.28 bits per heavy atom. The molecule has 1 amide bonds. The highest BCUT2D eigenvalue weighted by Gasteiger charge is 2.24. The molecule has 0 atom stereocenters. The molecule has 0 aliphatic heterocycles. The Morgan fingerprint density at radius 2 is 2.07 bits per heavy atom. The number of aromatic nitrogens is 4. The van der Waals surface area contributed by atoms with Gasteiger partial charge < -0.3 is 14.6 Å². The largest absolute Gasteiger partial charge is 0.453 e. The highest BCUT2D eigenvalue weighted by atomic mass is 16.5. The number of amides is 1. The number of ether oxygens (including phenoxy) is 1. The van der Waals surface area contributed by atoms with Crippen molar-refractivity contribution in [2.45, 2.75) is 45.2 Å². The first-order valence-electron chi connectivity index (χ1n) is 9.97. The van der Waals surface area contributed by atoms with Crippen LogP contribution in [0.4, 0.5) is 4.79 Å². The SMILES string of the molecule is COC(=O)NCc1nc2cnc3cccnc3c2n1CC1CCC(CC#N)CC1. The summed E-state index contributed by atoms with van der Waals surface area (Å²) in [4.78, 5) is 25.3. The van der Waals surface area contributed by atoms with Crippen LogP contribution in [0.1, 0.15) is 37.9 Å². The fourth-order valence-electron chi connectivity index (χ4n) is 4.23. The zero-order valence-electron chi connectivity index (χ0n) is 16.5. The van der Waals surface area contributed by atoms with E-state index in [0.29, 0.717) is 18.3 Å². The molecule has 3 heterocycles. The molecule has 0 aromatic carbocycles. The molecule has 1 N–H and O–H groups in total. The highest BCUT2D eigenvalue weighted by molar-refractivity contribution is 5.99. The summed E-state index contributed by atoms with van der Waals surface area (Å²) >= 11 is 0. The van der Waals surface area contributed by atoms with Crippen LogP contribution in [0.3, 0.4) is 0 Å². The smallest absolute Gasteiger partial charge is 0.407 e. The molecule has 1 aliphatic rings. The molecule has 0 spiro atoms. The first-order chi connectivity index (χ1) is 14.2. The van der Waals surface area contributed by atoms with Crippen molar-refractivity contribution in [2.75, 3.05) is 7.11 Å². The molecule has 3 aromatic rings. The van der Waals surface area contributed by atoms with Crippen LogP contribution in [-0.2, 0) is 17.8 Å². The lowest BCUT2D eigenvalue weighted by Gasteiger charge is -2.28. The van der Waals surface area contributed by atoms with Gasteiger partial charge in [-0.25, -0.2) is 9.78 Å². The van der Waals surface area contributed by atoms with E-state index in [2.05, 4.69) is 25.9 Å². The van der Waals surface area contributed by atoms with Gasteiger partial charge in [0.15, 0.2) is 0 Å². The van der Waals surface area contributed by atoms with Gasteiger partial charge in [0.1, 0.15) is 16.9 Å². The number of imidazole rings is 1. The van der Waals surface area contributed by atoms with Gasteiger partial charge in [-0.1, -0.05) is 0 Å². The lowest BCUT2D eigenvalue weighted by atomic mass is 9.80. The van der Waals surface area contributed by atoms with E-state index in [1.165, 1.54) is 7.11 Å². The molecule has 0 unspecified atom stereocenters. The number of rotatable bonds is 5. The van der Waals surface area contributed by atoms with Gasteiger partial charge in [0, 0.05) is 19.2 Å². The minimum absolute atomic E-state index is 0.277. The third kappa shape index (κ3) is 3.99. The van der Waals surface area contributed by atoms with Gasteiger partial charge in [-0.05, 0) is 49.7 Å². The number of nitrogens with zero attached hydrogens (tertiary/aromatic N) is 5. The molecule has 1 fully saturated rings. The molecule has 4 rings (SSSR count).